The number of morpholine rings is 1. The Balaban J connectivity index is 1.37. The van der Waals surface area contributed by atoms with Crippen LogP contribution >= 0.6 is 0 Å². The number of hydrogen-bond acceptors (Lipinski definition) is 6. The molecule has 32 heavy (non-hydrogen) atoms. The summed E-state index contributed by atoms with van der Waals surface area (Å²) in [6, 6.07) is 15.7. The maximum Gasteiger partial charge on any atom is 0.523 e. The summed E-state index contributed by atoms with van der Waals surface area (Å²) in [5, 5.41) is 0. The third-order valence-corrected chi connectivity index (χ3v) is 6.44. The van der Waals surface area contributed by atoms with Crippen molar-refractivity contribution in [1.82, 2.24) is 4.90 Å². The predicted octanol–water partition coefficient (Wildman–Crippen LogP) is 3.50. The Morgan fingerprint density at radius 2 is 1.62 bits per heavy atom. The average molecular weight is 471 g/mol. The minimum absolute atomic E-state index is 0.0181. The van der Waals surface area contributed by atoms with Crippen molar-refractivity contribution in [3.05, 3.63) is 59.7 Å². The van der Waals surface area contributed by atoms with Crippen molar-refractivity contribution < 1.29 is 40.0 Å². The maximum absolute atomic E-state index is 12.6. The Kier molecular flexibility index (Phi) is 6.15. The lowest BCUT2D eigenvalue weighted by Crippen LogP contribution is -2.48. The number of halogens is 3. The Bertz CT molecular complexity index is 1060. The lowest BCUT2D eigenvalue weighted by Gasteiger charge is -2.32. The Morgan fingerprint density at radius 3 is 2.22 bits per heavy atom. The number of carbonyl (C=O) groups is 1. The van der Waals surface area contributed by atoms with E-state index in [1.807, 2.05) is 48.5 Å². The normalized spacial score (nSPS) is 18.8. The van der Waals surface area contributed by atoms with Crippen molar-refractivity contribution in [3.63, 3.8) is 0 Å². The lowest BCUT2D eigenvalue weighted by molar-refractivity contribution is -0.0679. The summed E-state index contributed by atoms with van der Waals surface area (Å²) in [7, 11) is -5.73. The molecule has 2 aromatic rings. The summed E-state index contributed by atoms with van der Waals surface area (Å²) in [5.74, 6) is -0.136. The number of carbonyl (C=O) groups excluding carboxylic acids is 1. The summed E-state index contributed by atoms with van der Waals surface area (Å²) in [6.45, 7) is -0.726. The summed E-state index contributed by atoms with van der Waals surface area (Å²) in [6.07, 6.45) is -1.68. The number of rotatable bonds is 5. The highest BCUT2D eigenvalue weighted by Gasteiger charge is 2.47. The van der Waals surface area contributed by atoms with Gasteiger partial charge in [-0.15, -0.1) is 0 Å². The van der Waals surface area contributed by atoms with Crippen LogP contribution in [0.4, 0.5) is 18.0 Å². The van der Waals surface area contributed by atoms with Gasteiger partial charge in [0.15, 0.2) is 0 Å². The quantitative estimate of drug-likeness (QED) is 0.491. The van der Waals surface area contributed by atoms with Crippen LogP contribution in [-0.4, -0.2) is 63.9 Å². The molecule has 1 fully saturated rings. The highest BCUT2D eigenvalue weighted by molar-refractivity contribution is 7.87. The summed E-state index contributed by atoms with van der Waals surface area (Å²) < 4.78 is 74.1. The van der Waals surface area contributed by atoms with E-state index in [2.05, 4.69) is 4.18 Å². The van der Waals surface area contributed by atoms with E-state index < -0.39 is 34.4 Å². The van der Waals surface area contributed by atoms with Crippen molar-refractivity contribution in [2.45, 2.75) is 17.5 Å². The first-order chi connectivity index (χ1) is 15.2. The van der Waals surface area contributed by atoms with E-state index in [0.717, 1.165) is 22.3 Å². The zero-order valence-electron chi connectivity index (χ0n) is 16.7. The smallest absolute Gasteiger partial charge is 0.448 e. The van der Waals surface area contributed by atoms with Gasteiger partial charge in [0, 0.05) is 12.5 Å². The molecule has 0 bridgehead atoms. The van der Waals surface area contributed by atoms with E-state index in [4.69, 9.17) is 9.47 Å². The lowest BCUT2D eigenvalue weighted by atomic mass is 9.98. The van der Waals surface area contributed by atoms with Crippen LogP contribution in [0.25, 0.3) is 11.1 Å². The van der Waals surface area contributed by atoms with Crippen LogP contribution in [0.3, 0.4) is 0 Å². The minimum atomic E-state index is -5.73. The molecule has 1 aliphatic carbocycles. The molecular weight excluding hydrogens is 451 g/mol. The standard InChI is InChI=1S/C21H20F3NO6S/c22-21(23,24)32(27,28)31-12-14-11-25(9-10-29-14)20(26)30-13-19-17-7-3-1-5-15(17)16-6-2-4-8-18(16)19/h1-8,14,19H,9-13H2/t14-/m0/s1. The van der Waals surface area contributed by atoms with E-state index in [1.54, 1.807) is 0 Å². The van der Waals surface area contributed by atoms with E-state index >= 15 is 0 Å². The fraction of sp³-hybridized carbons (Fsp3) is 0.381. The fourth-order valence-corrected chi connectivity index (χ4v) is 4.37. The van der Waals surface area contributed by atoms with Gasteiger partial charge in [-0.3, -0.25) is 4.18 Å². The molecule has 172 valence electrons. The van der Waals surface area contributed by atoms with E-state index in [9.17, 15) is 26.4 Å². The monoisotopic (exact) mass is 471 g/mol. The molecule has 0 saturated carbocycles. The van der Waals surface area contributed by atoms with Crippen LogP contribution in [0.2, 0.25) is 0 Å². The highest BCUT2D eigenvalue weighted by atomic mass is 32.2. The number of ether oxygens (including phenoxy) is 2. The van der Waals surface area contributed by atoms with Crippen molar-refractivity contribution in [3.8, 4) is 11.1 Å². The van der Waals surface area contributed by atoms with Crippen molar-refractivity contribution >= 4 is 16.2 Å². The third-order valence-electron chi connectivity index (χ3n) is 5.43. The molecular formula is C21H20F3NO6S. The Hall–Kier alpha value is -2.63. The zero-order chi connectivity index (χ0) is 22.9. The maximum atomic E-state index is 12.6. The van der Waals surface area contributed by atoms with Gasteiger partial charge in [-0.1, -0.05) is 48.5 Å². The van der Waals surface area contributed by atoms with Gasteiger partial charge >= 0.3 is 21.7 Å². The molecule has 2 aromatic carbocycles. The van der Waals surface area contributed by atoms with E-state index in [-0.39, 0.29) is 32.2 Å². The Morgan fingerprint density at radius 1 is 1.03 bits per heavy atom. The largest absolute Gasteiger partial charge is 0.523 e. The Labute approximate surface area is 182 Å². The first-order valence-electron chi connectivity index (χ1n) is 9.84. The van der Waals surface area contributed by atoms with Crippen molar-refractivity contribution in [2.24, 2.45) is 0 Å². The molecule has 0 unspecified atom stereocenters. The second kappa shape index (κ2) is 8.72. The van der Waals surface area contributed by atoms with Gasteiger partial charge in [0.25, 0.3) is 0 Å². The van der Waals surface area contributed by atoms with Gasteiger partial charge in [-0.25, -0.2) is 4.79 Å². The second-order valence-electron chi connectivity index (χ2n) is 7.43. The molecule has 1 atom stereocenters. The molecule has 1 aliphatic heterocycles. The molecule has 7 nitrogen and oxygen atoms in total. The molecule has 0 aromatic heterocycles. The van der Waals surface area contributed by atoms with Crippen LogP contribution in [0, 0.1) is 0 Å². The summed E-state index contributed by atoms with van der Waals surface area (Å²) >= 11 is 0. The molecule has 1 amide bonds. The van der Waals surface area contributed by atoms with Gasteiger partial charge in [0.2, 0.25) is 0 Å². The average Bonchev–Trinajstić information content (AvgIpc) is 3.09. The summed E-state index contributed by atoms with van der Waals surface area (Å²) in [5.41, 5.74) is -1.26. The predicted molar refractivity (Wildman–Crippen MR) is 107 cm³/mol. The molecule has 4 rings (SSSR count). The second-order valence-corrected chi connectivity index (χ2v) is 9.03. The third kappa shape index (κ3) is 4.45. The molecule has 2 aliphatic rings. The molecule has 1 heterocycles. The SMILES string of the molecule is O=C(OCC1c2ccccc2-c2ccccc21)N1CCO[C@H](COS(=O)(=O)C(F)(F)F)C1. The number of amides is 1. The number of hydrogen-bond donors (Lipinski definition) is 0. The van der Waals surface area contributed by atoms with Crippen LogP contribution in [-0.2, 0) is 23.8 Å². The van der Waals surface area contributed by atoms with E-state index in [0.29, 0.717) is 0 Å². The van der Waals surface area contributed by atoms with Gasteiger partial charge in [-0.05, 0) is 22.3 Å². The highest BCUT2D eigenvalue weighted by Crippen LogP contribution is 2.44. The first-order valence-corrected chi connectivity index (χ1v) is 11.3. The van der Waals surface area contributed by atoms with Crippen LogP contribution in [0.1, 0.15) is 17.0 Å². The van der Waals surface area contributed by atoms with Crippen LogP contribution in [0.5, 0.6) is 0 Å². The van der Waals surface area contributed by atoms with Gasteiger partial charge in [0.1, 0.15) is 12.7 Å². The number of nitrogens with zero attached hydrogens (tertiary/aromatic N) is 1. The van der Waals surface area contributed by atoms with Crippen molar-refractivity contribution in [2.75, 3.05) is 32.9 Å². The fourth-order valence-electron chi connectivity index (χ4n) is 3.90. The molecule has 0 spiro atoms. The van der Waals surface area contributed by atoms with Crippen LogP contribution < -0.4 is 0 Å². The number of alkyl halides is 3. The van der Waals surface area contributed by atoms with Crippen LogP contribution in [0.15, 0.2) is 48.5 Å². The van der Waals surface area contributed by atoms with Gasteiger partial charge in [-0.2, -0.15) is 21.6 Å². The minimum Gasteiger partial charge on any atom is -0.448 e. The molecule has 0 radical (unpaired) electrons. The van der Waals surface area contributed by atoms with Gasteiger partial charge in [0.05, 0.1) is 19.8 Å². The molecule has 11 heteroatoms. The van der Waals surface area contributed by atoms with Gasteiger partial charge < -0.3 is 14.4 Å². The first kappa shape index (κ1) is 22.6. The molecule has 0 N–H and O–H groups in total. The zero-order valence-corrected chi connectivity index (χ0v) is 17.6. The van der Waals surface area contributed by atoms with E-state index in [1.165, 1.54) is 4.90 Å². The van der Waals surface area contributed by atoms with Crippen molar-refractivity contribution in [1.29, 1.82) is 0 Å². The topological polar surface area (TPSA) is 82.1 Å². The number of fused-ring (bicyclic) bond motifs is 3. The number of benzene rings is 2. The summed E-state index contributed by atoms with van der Waals surface area (Å²) in [4.78, 5) is 13.9. The molecule has 1 saturated heterocycles.